The molecule has 1 atom stereocenters. The van der Waals surface area contributed by atoms with Crippen molar-refractivity contribution in [3.05, 3.63) is 12.1 Å². The fraction of sp³-hybridized carbons (Fsp3) is 0.500. The van der Waals surface area contributed by atoms with E-state index in [9.17, 15) is 14.4 Å². The van der Waals surface area contributed by atoms with E-state index in [2.05, 4.69) is 0 Å². The molecule has 0 spiro atoms. The predicted molar refractivity (Wildman–Crippen MR) is 96.4 cm³/mol. The van der Waals surface area contributed by atoms with Crippen LogP contribution in [0, 0.1) is 5.92 Å². The number of rotatable bonds is 8. The zero-order chi connectivity index (χ0) is 20.1. The molecule has 0 bridgehead atoms. The van der Waals surface area contributed by atoms with E-state index in [1.54, 1.807) is 12.1 Å². The number of carboxylic acid groups (broad SMARTS) is 1. The van der Waals surface area contributed by atoms with Gasteiger partial charge in [-0.25, -0.2) is 0 Å². The van der Waals surface area contributed by atoms with Gasteiger partial charge in [0.2, 0.25) is 17.6 Å². The molecule has 0 aromatic heterocycles. The number of carbonyl (C=O) groups is 3. The molecule has 1 saturated heterocycles. The molecule has 1 aliphatic heterocycles. The standard InChI is InChI=1S/C18H24N2O7/c1-19(6-5-16(22)23)18(24)11-7-15(21)20(10-11)12-8-13(25-2)17(27-4)14(9-12)26-3/h8-9,11H,5-7,10H2,1-4H3,(H,22,23). The van der Waals surface area contributed by atoms with Crippen molar-refractivity contribution in [2.24, 2.45) is 5.92 Å². The molecule has 1 heterocycles. The van der Waals surface area contributed by atoms with Crippen LogP contribution in [0.15, 0.2) is 12.1 Å². The van der Waals surface area contributed by atoms with Gasteiger partial charge >= 0.3 is 5.97 Å². The lowest BCUT2D eigenvalue weighted by Gasteiger charge is -2.22. The minimum absolute atomic E-state index is 0.0624. The third kappa shape index (κ3) is 4.42. The van der Waals surface area contributed by atoms with Gasteiger partial charge < -0.3 is 29.1 Å². The van der Waals surface area contributed by atoms with E-state index in [1.807, 2.05) is 0 Å². The number of hydrogen-bond acceptors (Lipinski definition) is 6. The summed E-state index contributed by atoms with van der Waals surface area (Å²) in [5.74, 6) is -0.724. The van der Waals surface area contributed by atoms with Gasteiger partial charge in [-0.3, -0.25) is 14.4 Å². The van der Waals surface area contributed by atoms with Crippen molar-refractivity contribution in [3.8, 4) is 17.2 Å². The highest BCUT2D eigenvalue weighted by Gasteiger charge is 2.37. The zero-order valence-electron chi connectivity index (χ0n) is 15.9. The molecule has 0 saturated carbocycles. The molecule has 2 amide bonds. The van der Waals surface area contributed by atoms with Crippen molar-refractivity contribution in [1.29, 1.82) is 0 Å². The zero-order valence-corrected chi connectivity index (χ0v) is 15.9. The number of carboxylic acids is 1. The summed E-state index contributed by atoms with van der Waals surface area (Å²) < 4.78 is 15.9. The van der Waals surface area contributed by atoms with Crippen LogP contribution in [-0.4, -0.2) is 69.3 Å². The van der Waals surface area contributed by atoms with Crippen LogP contribution < -0.4 is 19.1 Å². The van der Waals surface area contributed by atoms with Crippen LogP contribution >= 0.6 is 0 Å². The molecule has 1 aromatic rings. The molecule has 1 fully saturated rings. The average molecular weight is 380 g/mol. The van der Waals surface area contributed by atoms with E-state index in [-0.39, 0.29) is 37.7 Å². The van der Waals surface area contributed by atoms with Crippen molar-refractivity contribution >= 4 is 23.5 Å². The number of hydrogen-bond donors (Lipinski definition) is 1. The van der Waals surface area contributed by atoms with Gasteiger partial charge in [0.25, 0.3) is 0 Å². The Labute approximate surface area is 157 Å². The fourth-order valence-electron chi connectivity index (χ4n) is 3.03. The Morgan fingerprint density at radius 3 is 2.26 bits per heavy atom. The number of benzene rings is 1. The molecule has 1 aromatic carbocycles. The Bertz CT molecular complexity index is 709. The highest BCUT2D eigenvalue weighted by molar-refractivity contribution is 6.00. The third-order valence-corrected chi connectivity index (χ3v) is 4.47. The van der Waals surface area contributed by atoms with Crippen molar-refractivity contribution < 1.29 is 33.7 Å². The molecule has 1 unspecified atom stereocenters. The van der Waals surface area contributed by atoms with Gasteiger partial charge in [0.1, 0.15) is 0 Å². The molecular formula is C18H24N2O7. The smallest absolute Gasteiger partial charge is 0.305 e. The van der Waals surface area contributed by atoms with Crippen LogP contribution in [0.2, 0.25) is 0 Å². The number of anilines is 1. The Kier molecular flexibility index (Phi) is 6.49. The number of carbonyl (C=O) groups excluding carboxylic acids is 2. The van der Waals surface area contributed by atoms with E-state index in [0.717, 1.165) is 0 Å². The second-order valence-electron chi connectivity index (χ2n) is 6.19. The minimum Gasteiger partial charge on any atom is -0.493 e. The molecule has 9 nitrogen and oxygen atoms in total. The lowest BCUT2D eigenvalue weighted by molar-refractivity contribution is -0.139. The van der Waals surface area contributed by atoms with Gasteiger partial charge in [-0.15, -0.1) is 0 Å². The van der Waals surface area contributed by atoms with Crippen LogP contribution in [-0.2, 0) is 14.4 Å². The quantitative estimate of drug-likeness (QED) is 0.717. The lowest BCUT2D eigenvalue weighted by Crippen LogP contribution is -2.36. The Morgan fingerprint density at radius 1 is 1.19 bits per heavy atom. The summed E-state index contributed by atoms with van der Waals surface area (Å²) in [6.45, 7) is 0.302. The fourth-order valence-corrected chi connectivity index (χ4v) is 3.03. The normalized spacial score (nSPS) is 16.2. The Morgan fingerprint density at radius 2 is 1.78 bits per heavy atom. The second-order valence-corrected chi connectivity index (χ2v) is 6.19. The first kappa shape index (κ1) is 20.3. The maximum Gasteiger partial charge on any atom is 0.305 e. The largest absolute Gasteiger partial charge is 0.493 e. The third-order valence-electron chi connectivity index (χ3n) is 4.47. The van der Waals surface area contributed by atoms with Crippen molar-refractivity contribution in [3.63, 3.8) is 0 Å². The summed E-state index contributed by atoms with van der Waals surface area (Å²) in [6.07, 6.45) is -0.0770. The van der Waals surface area contributed by atoms with Crippen molar-refractivity contribution in [2.45, 2.75) is 12.8 Å². The lowest BCUT2D eigenvalue weighted by atomic mass is 10.1. The molecule has 0 aliphatic carbocycles. The summed E-state index contributed by atoms with van der Waals surface area (Å²) in [7, 11) is 5.99. The Balaban J connectivity index is 2.20. The first-order chi connectivity index (χ1) is 12.8. The average Bonchev–Trinajstić information content (AvgIpc) is 3.05. The van der Waals surface area contributed by atoms with Crippen LogP contribution in [0.4, 0.5) is 5.69 Å². The maximum atomic E-state index is 12.5. The monoisotopic (exact) mass is 380 g/mol. The highest BCUT2D eigenvalue weighted by atomic mass is 16.5. The van der Waals surface area contributed by atoms with Crippen LogP contribution in [0.1, 0.15) is 12.8 Å². The van der Waals surface area contributed by atoms with Crippen LogP contribution in [0.25, 0.3) is 0 Å². The summed E-state index contributed by atoms with van der Waals surface area (Å²) in [5.41, 5.74) is 0.540. The first-order valence-electron chi connectivity index (χ1n) is 8.39. The highest BCUT2D eigenvalue weighted by Crippen LogP contribution is 2.42. The Hall–Kier alpha value is -2.97. The van der Waals surface area contributed by atoms with Gasteiger partial charge in [-0.05, 0) is 0 Å². The van der Waals surface area contributed by atoms with E-state index in [1.165, 1.54) is 38.2 Å². The van der Waals surface area contributed by atoms with Crippen LogP contribution in [0.5, 0.6) is 17.2 Å². The molecular weight excluding hydrogens is 356 g/mol. The summed E-state index contributed by atoms with van der Waals surface area (Å²) in [6, 6.07) is 3.31. The second kappa shape index (κ2) is 8.61. The predicted octanol–water partition coefficient (Wildman–Crippen LogP) is 0.998. The minimum atomic E-state index is -0.976. The van der Waals surface area contributed by atoms with Crippen LogP contribution in [0.3, 0.4) is 0 Å². The maximum absolute atomic E-state index is 12.5. The SMILES string of the molecule is COc1cc(N2CC(C(=O)N(C)CCC(=O)O)CC2=O)cc(OC)c1OC. The van der Waals surface area contributed by atoms with Gasteiger partial charge in [0, 0.05) is 38.7 Å². The first-order valence-corrected chi connectivity index (χ1v) is 8.39. The van der Waals surface area contributed by atoms with E-state index in [0.29, 0.717) is 22.9 Å². The number of methoxy groups -OCH3 is 3. The van der Waals surface area contributed by atoms with Gasteiger partial charge in [0.05, 0.1) is 39.4 Å². The molecule has 1 N–H and O–H groups in total. The summed E-state index contributed by atoms with van der Waals surface area (Å²) >= 11 is 0. The van der Waals surface area contributed by atoms with Gasteiger partial charge in [-0.2, -0.15) is 0 Å². The summed E-state index contributed by atoms with van der Waals surface area (Å²) in [5, 5.41) is 8.75. The van der Waals surface area contributed by atoms with E-state index < -0.39 is 11.9 Å². The van der Waals surface area contributed by atoms with Gasteiger partial charge in [0.15, 0.2) is 11.5 Å². The summed E-state index contributed by atoms with van der Waals surface area (Å²) in [4.78, 5) is 38.5. The molecule has 2 rings (SSSR count). The number of nitrogens with zero attached hydrogens (tertiary/aromatic N) is 2. The topological polar surface area (TPSA) is 106 Å². The molecule has 9 heteroatoms. The van der Waals surface area contributed by atoms with E-state index in [4.69, 9.17) is 19.3 Å². The number of ether oxygens (including phenoxy) is 3. The van der Waals surface area contributed by atoms with Gasteiger partial charge in [-0.1, -0.05) is 0 Å². The number of aliphatic carboxylic acids is 1. The van der Waals surface area contributed by atoms with E-state index >= 15 is 0 Å². The molecule has 27 heavy (non-hydrogen) atoms. The van der Waals surface area contributed by atoms with Crippen molar-refractivity contribution in [2.75, 3.05) is 46.4 Å². The molecule has 0 radical (unpaired) electrons. The van der Waals surface area contributed by atoms with Crippen molar-refractivity contribution in [1.82, 2.24) is 4.90 Å². The molecule has 1 aliphatic rings. The molecule has 148 valence electrons. The number of amides is 2.